The number of hydrogen-bond donors (Lipinski definition) is 1. The van der Waals surface area contributed by atoms with E-state index in [-0.39, 0.29) is 6.04 Å². The zero-order valence-electron chi connectivity index (χ0n) is 12.2. The molecular formula is C17H18ClN3. The molecular weight excluding hydrogens is 282 g/mol. The molecule has 0 aliphatic heterocycles. The molecule has 3 rings (SSSR count). The fraction of sp³-hybridized carbons (Fsp3) is 0.235. The standard InChI is InChI=1S/C17H18ClN3/c1-12(13-7-3-4-8-14(13)18)19-11-17-20-15-9-5-6-10-16(15)21(17)2/h3-10,12,19H,11H2,1-2H3/t12-/m1/s1. The summed E-state index contributed by atoms with van der Waals surface area (Å²) in [7, 11) is 2.05. The van der Waals surface area contributed by atoms with Crippen LogP contribution < -0.4 is 5.32 Å². The SMILES string of the molecule is C[C@@H](NCc1nc2ccccc2n1C)c1ccccc1Cl. The predicted molar refractivity (Wildman–Crippen MR) is 87.4 cm³/mol. The molecule has 0 unspecified atom stereocenters. The highest BCUT2D eigenvalue weighted by Crippen LogP contribution is 2.22. The maximum atomic E-state index is 6.24. The van der Waals surface area contributed by atoms with Crippen molar-refractivity contribution < 1.29 is 0 Å². The van der Waals surface area contributed by atoms with E-state index in [1.165, 1.54) is 0 Å². The molecule has 0 saturated carbocycles. The Morgan fingerprint density at radius 1 is 1.14 bits per heavy atom. The summed E-state index contributed by atoms with van der Waals surface area (Å²) < 4.78 is 2.13. The van der Waals surface area contributed by atoms with Gasteiger partial charge in [-0.3, -0.25) is 0 Å². The first-order valence-corrected chi connectivity index (χ1v) is 7.43. The number of imidazole rings is 1. The van der Waals surface area contributed by atoms with Crippen molar-refractivity contribution in [1.82, 2.24) is 14.9 Å². The monoisotopic (exact) mass is 299 g/mol. The molecule has 3 aromatic rings. The van der Waals surface area contributed by atoms with Crippen LogP contribution in [0.25, 0.3) is 11.0 Å². The first-order chi connectivity index (χ1) is 10.2. The molecule has 2 aromatic carbocycles. The van der Waals surface area contributed by atoms with Crippen LogP contribution in [0.5, 0.6) is 0 Å². The Labute approximate surface area is 129 Å². The number of benzene rings is 2. The van der Waals surface area contributed by atoms with Crippen LogP contribution in [-0.2, 0) is 13.6 Å². The van der Waals surface area contributed by atoms with Crippen LogP contribution in [0.4, 0.5) is 0 Å². The van der Waals surface area contributed by atoms with Gasteiger partial charge in [0.05, 0.1) is 17.6 Å². The highest BCUT2D eigenvalue weighted by atomic mass is 35.5. The van der Waals surface area contributed by atoms with Gasteiger partial charge >= 0.3 is 0 Å². The number of para-hydroxylation sites is 2. The topological polar surface area (TPSA) is 29.9 Å². The molecule has 4 heteroatoms. The van der Waals surface area contributed by atoms with Gasteiger partial charge in [0, 0.05) is 18.1 Å². The Hall–Kier alpha value is -1.84. The lowest BCUT2D eigenvalue weighted by Crippen LogP contribution is -2.20. The Kier molecular flexibility index (Phi) is 3.95. The van der Waals surface area contributed by atoms with Crippen LogP contribution in [0.3, 0.4) is 0 Å². The fourth-order valence-electron chi connectivity index (χ4n) is 2.53. The Morgan fingerprint density at radius 2 is 1.86 bits per heavy atom. The van der Waals surface area contributed by atoms with Gasteiger partial charge in [-0.2, -0.15) is 0 Å². The van der Waals surface area contributed by atoms with Gasteiger partial charge < -0.3 is 9.88 Å². The van der Waals surface area contributed by atoms with Crippen LogP contribution >= 0.6 is 11.6 Å². The van der Waals surface area contributed by atoms with Crippen LogP contribution in [-0.4, -0.2) is 9.55 Å². The number of aryl methyl sites for hydroxylation is 1. The molecule has 0 bridgehead atoms. The molecule has 0 fully saturated rings. The molecule has 3 nitrogen and oxygen atoms in total. The zero-order chi connectivity index (χ0) is 14.8. The van der Waals surface area contributed by atoms with E-state index in [0.717, 1.165) is 27.4 Å². The minimum Gasteiger partial charge on any atom is -0.330 e. The quantitative estimate of drug-likeness (QED) is 0.787. The summed E-state index contributed by atoms with van der Waals surface area (Å²) in [5.74, 6) is 1.02. The van der Waals surface area contributed by atoms with Crippen molar-refractivity contribution >= 4 is 22.6 Å². The van der Waals surface area contributed by atoms with Crippen molar-refractivity contribution in [2.45, 2.75) is 19.5 Å². The van der Waals surface area contributed by atoms with Gasteiger partial charge in [0.1, 0.15) is 5.82 Å². The summed E-state index contributed by atoms with van der Waals surface area (Å²) in [6, 6.07) is 16.3. The summed E-state index contributed by atoms with van der Waals surface area (Å²) in [5.41, 5.74) is 3.29. The van der Waals surface area contributed by atoms with Crippen LogP contribution in [0.2, 0.25) is 5.02 Å². The number of fused-ring (bicyclic) bond motifs is 1. The van der Waals surface area contributed by atoms with Gasteiger partial charge in [0.15, 0.2) is 0 Å². The third-order valence-corrected chi connectivity index (χ3v) is 4.16. The van der Waals surface area contributed by atoms with Gasteiger partial charge in [-0.05, 0) is 30.7 Å². The molecule has 0 saturated heterocycles. The maximum absolute atomic E-state index is 6.24. The highest BCUT2D eigenvalue weighted by Gasteiger charge is 2.11. The molecule has 0 radical (unpaired) electrons. The van der Waals surface area contributed by atoms with E-state index in [2.05, 4.69) is 33.9 Å². The smallest absolute Gasteiger partial charge is 0.123 e. The number of nitrogens with zero attached hydrogens (tertiary/aromatic N) is 2. The molecule has 0 aliphatic carbocycles. The lowest BCUT2D eigenvalue weighted by Gasteiger charge is -2.15. The summed E-state index contributed by atoms with van der Waals surface area (Å²) in [6.07, 6.45) is 0. The minimum absolute atomic E-state index is 0.179. The second-order valence-corrected chi connectivity index (χ2v) is 5.61. The normalized spacial score (nSPS) is 12.7. The average molecular weight is 300 g/mol. The van der Waals surface area contributed by atoms with Crippen LogP contribution in [0.1, 0.15) is 24.4 Å². The third-order valence-electron chi connectivity index (χ3n) is 3.82. The molecule has 1 heterocycles. The van der Waals surface area contributed by atoms with E-state index in [1.54, 1.807) is 0 Å². The van der Waals surface area contributed by atoms with Gasteiger partial charge in [-0.25, -0.2) is 4.98 Å². The molecule has 21 heavy (non-hydrogen) atoms. The van der Waals surface area contributed by atoms with Crippen molar-refractivity contribution in [3.8, 4) is 0 Å². The molecule has 0 spiro atoms. The Morgan fingerprint density at radius 3 is 2.62 bits per heavy atom. The molecule has 108 valence electrons. The summed E-state index contributed by atoms with van der Waals surface area (Å²) in [6.45, 7) is 2.82. The lowest BCUT2D eigenvalue weighted by molar-refractivity contribution is 0.551. The molecule has 1 atom stereocenters. The molecule has 0 aliphatic rings. The maximum Gasteiger partial charge on any atom is 0.123 e. The van der Waals surface area contributed by atoms with Crippen LogP contribution in [0, 0.1) is 0 Å². The first kappa shape index (κ1) is 14.1. The van der Waals surface area contributed by atoms with Gasteiger partial charge in [0.2, 0.25) is 0 Å². The zero-order valence-corrected chi connectivity index (χ0v) is 12.9. The predicted octanol–water partition coefficient (Wildman–Crippen LogP) is 4.08. The van der Waals surface area contributed by atoms with E-state index in [0.29, 0.717) is 6.54 Å². The van der Waals surface area contributed by atoms with E-state index in [4.69, 9.17) is 11.6 Å². The summed E-state index contributed by atoms with van der Waals surface area (Å²) >= 11 is 6.24. The molecule has 0 amide bonds. The van der Waals surface area contributed by atoms with Crippen molar-refractivity contribution in [2.75, 3.05) is 0 Å². The first-order valence-electron chi connectivity index (χ1n) is 7.05. The number of aromatic nitrogens is 2. The summed E-state index contributed by atoms with van der Waals surface area (Å²) in [4.78, 5) is 4.67. The van der Waals surface area contributed by atoms with Gasteiger partial charge in [-0.15, -0.1) is 0 Å². The largest absolute Gasteiger partial charge is 0.330 e. The molecule has 1 N–H and O–H groups in total. The van der Waals surface area contributed by atoms with Crippen molar-refractivity contribution in [3.63, 3.8) is 0 Å². The highest BCUT2D eigenvalue weighted by molar-refractivity contribution is 6.31. The van der Waals surface area contributed by atoms with Crippen molar-refractivity contribution in [2.24, 2.45) is 7.05 Å². The number of hydrogen-bond acceptors (Lipinski definition) is 2. The average Bonchev–Trinajstić information content (AvgIpc) is 2.82. The van der Waals surface area contributed by atoms with Crippen molar-refractivity contribution in [1.29, 1.82) is 0 Å². The fourth-order valence-corrected chi connectivity index (χ4v) is 2.83. The third kappa shape index (κ3) is 2.80. The number of halogens is 1. The van der Waals surface area contributed by atoms with E-state index in [1.807, 2.05) is 43.4 Å². The van der Waals surface area contributed by atoms with Crippen LogP contribution in [0.15, 0.2) is 48.5 Å². The Bertz CT molecular complexity index is 764. The minimum atomic E-state index is 0.179. The van der Waals surface area contributed by atoms with Gasteiger partial charge in [0.25, 0.3) is 0 Å². The van der Waals surface area contributed by atoms with E-state index < -0.39 is 0 Å². The van der Waals surface area contributed by atoms with Crippen molar-refractivity contribution in [3.05, 3.63) is 64.9 Å². The second kappa shape index (κ2) is 5.88. The Balaban J connectivity index is 1.77. The molecule has 1 aromatic heterocycles. The lowest BCUT2D eigenvalue weighted by atomic mass is 10.1. The summed E-state index contributed by atoms with van der Waals surface area (Å²) in [5, 5.41) is 4.28. The second-order valence-electron chi connectivity index (χ2n) is 5.20. The van der Waals surface area contributed by atoms with E-state index in [9.17, 15) is 0 Å². The van der Waals surface area contributed by atoms with E-state index >= 15 is 0 Å². The van der Waals surface area contributed by atoms with Gasteiger partial charge in [-0.1, -0.05) is 41.9 Å². The number of nitrogens with one attached hydrogen (secondary N) is 1. The number of rotatable bonds is 4.